The number of fused-ring (bicyclic) bond motifs is 1. The number of alkyl halides is 1. The smallest absolute Gasteiger partial charge is 0.140 e. The van der Waals surface area contributed by atoms with E-state index >= 15 is 0 Å². The largest absolute Gasteiger partial charge is 0.496 e. The van der Waals surface area contributed by atoms with Crippen molar-refractivity contribution in [3.05, 3.63) is 53.9 Å². The Labute approximate surface area is 237 Å². The van der Waals surface area contributed by atoms with Gasteiger partial charge in [0, 0.05) is 49.2 Å². The van der Waals surface area contributed by atoms with Crippen LogP contribution in [-0.2, 0) is 0 Å². The minimum atomic E-state index is 0.334. The van der Waals surface area contributed by atoms with Gasteiger partial charge in [-0.3, -0.25) is 0 Å². The number of nitrogens with two attached hydrogens (primary N) is 1. The lowest BCUT2D eigenvalue weighted by Gasteiger charge is -2.35. The van der Waals surface area contributed by atoms with Crippen LogP contribution >= 0.6 is 15.9 Å². The van der Waals surface area contributed by atoms with E-state index in [9.17, 15) is 0 Å². The number of halogens is 1. The molecule has 1 aliphatic carbocycles. The first-order chi connectivity index (χ1) is 18.7. The van der Waals surface area contributed by atoms with Crippen LogP contribution in [0.1, 0.15) is 75.6 Å². The van der Waals surface area contributed by atoms with E-state index in [-0.39, 0.29) is 0 Å². The van der Waals surface area contributed by atoms with Gasteiger partial charge in [0.2, 0.25) is 0 Å². The standard InChI is InChI=1S/C28H35N5O.C2H6.CH3Br/c1-34-26-5-3-2-4-23(26)19-10-14-33(15-11-19)28-24-18-22(32-16-12-21(29)13-17-32)8-9-25(24)30-27(31-28)20-6-7-20;2*1-2/h2-5,8-9,18-21H,6-7,10-17,29H2,1H3;1-2H3;1H3. The summed E-state index contributed by atoms with van der Waals surface area (Å²) in [6.45, 7) is 8.05. The molecule has 3 fully saturated rings. The summed E-state index contributed by atoms with van der Waals surface area (Å²) < 4.78 is 5.65. The van der Waals surface area contributed by atoms with E-state index in [0.717, 1.165) is 74.8 Å². The molecular weight excluding hydrogens is 538 g/mol. The van der Waals surface area contributed by atoms with Gasteiger partial charge in [-0.2, -0.15) is 0 Å². The highest BCUT2D eigenvalue weighted by atomic mass is 79.9. The summed E-state index contributed by atoms with van der Waals surface area (Å²) in [5, 5.41) is 1.19. The molecule has 6 rings (SSSR count). The van der Waals surface area contributed by atoms with Gasteiger partial charge in [-0.25, -0.2) is 9.97 Å². The van der Waals surface area contributed by atoms with Crippen molar-refractivity contribution in [1.82, 2.24) is 9.97 Å². The number of hydrogen-bond donors (Lipinski definition) is 1. The van der Waals surface area contributed by atoms with Gasteiger partial charge in [-0.15, -0.1) is 0 Å². The first-order valence-corrected chi connectivity index (χ1v) is 15.9. The number of benzene rings is 2. The number of piperidine rings is 2. The Hall–Kier alpha value is -2.38. The molecule has 2 saturated heterocycles. The van der Waals surface area contributed by atoms with Crippen molar-refractivity contribution in [3.8, 4) is 5.75 Å². The van der Waals surface area contributed by atoms with Gasteiger partial charge in [0.1, 0.15) is 17.4 Å². The van der Waals surface area contributed by atoms with Gasteiger partial charge in [0.15, 0.2) is 0 Å². The Morgan fingerprint density at radius 2 is 1.47 bits per heavy atom. The van der Waals surface area contributed by atoms with Crippen LogP contribution in [0.2, 0.25) is 0 Å². The molecule has 3 aliphatic rings. The predicted octanol–water partition coefficient (Wildman–Crippen LogP) is 6.86. The molecule has 2 aliphatic heterocycles. The van der Waals surface area contributed by atoms with Crippen LogP contribution in [0.4, 0.5) is 11.5 Å². The van der Waals surface area contributed by atoms with Crippen LogP contribution in [0.15, 0.2) is 42.5 Å². The van der Waals surface area contributed by atoms with E-state index in [1.54, 1.807) is 7.11 Å². The van der Waals surface area contributed by atoms with Gasteiger partial charge >= 0.3 is 0 Å². The first kappa shape index (κ1) is 28.6. The van der Waals surface area contributed by atoms with E-state index in [1.807, 2.05) is 19.7 Å². The second-order valence-electron chi connectivity index (χ2n) is 10.2. The summed E-state index contributed by atoms with van der Waals surface area (Å²) >= 11 is 2.94. The van der Waals surface area contributed by atoms with E-state index in [2.05, 4.69) is 68.2 Å². The average molecular weight is 583 g/mol. The lowest BCUT2D eigenvalue weighted by atomic mass is 9.88. The van der Waals surface area contributed by atoms with Crippen molar-refractivity contribution >= 4 is 38.3 Å². The summed E-state index contributed by atoms with van der Waals surface area (Å²) in [6, 6.07) is 15.6. The third-order valence-corrected chi connectivity index (χ3v) is 7.90. The fourth-order valence-electron chi connectivity index (χ4n) is 5.64. The van der Waals surface area contributed by atoms with Crippen molar-refractivity contribution in [2.45, 2.75) is 70.3 Å². The van der Waals surface area contributed by atoms with Gasteiger partial charge < -0.3 is 20.3 Å². The molecule has 0 spiro atoms. The fraction of sp³-hybridized carbons (Fsp3) is 0.548. The third kappa shape index (κ3) is 6.42. The molecule has 0 bridgehead atoms. The molecule has 0 radical (unpaired) electrons. The van der Waals surface area contributed by atoms with Crippen LogP contribution in [0, 0.1) is 0 Å². The minimum Gasteiger partial charge on any atom is -0.496 e. The molecule has 0 amide bonds. The van der Waals surface area contributed by atoms with Crippen molar-refractivity contribution in [2.24, 2.45) is 5.73 Å². The number of aromatic nitrogens is 2. The summed E-state index contributed by atoms with van der Waals surface area (Å²) in [5.74, 6) is 6.05. The predicted molar refractivity (Wildman–Crippen MR) is 164 cm³/mol. The molecule has 3 heterocycles. The first-order valence-electron chi connectivity index (χ1n) is 14.3. The topological polar surface area (TPSA) is 67.5 Å². The van der Waals surface area contributed by atoms with Crippen LogP contribution in [0.5, 0.6) is 5.75 Å². The summed E-state index contributed by atoms with van der Waals surface area (Å²) in [4.78, 5) is 15.1. The Bertz CT molecular complexity index is 1170. The van der Waals surface area contributed by atoms with Crippen LogP contribution in [0.25, 0.3) is 10.9 Å². The van der Waals surface area contributed by atoms with Crippen LogP contribution in [0.3, 0.4) is 0 Å². The molecular formula is C31H44BrN5O. The Balaban J connectivity index is 0.000000804. The normalized spacial score (nSPS) is 18.4. The van der Waals surface area contributed by atoms with E-state index < -0.39 is 0 Å². The number of rotatable bonds is 5. The number of hydrogen-bond acceptors (Lipinski definition) is 6. The average Bonchev–Trinajstić information content (AvgIpc) is 3.85. The van der Waals surface area contributed by atoms with Gasteiger partial charge in [-0.1, -0.05) is 48.0 Å². The number of methoxy groups -OCH3 is 1. The lowest BCUT2D eigenvalue weighted by molar-refractivity contribution is 0.397. The highest BCUT2D eigenvalue weighted by molar-refractivity contribution is 9.08. The SMILES string of the molecule is CBr.CC.COc1ccccc1C1CCN(c2nc(C3CC3)nc3ccc(N4CCC(N)CC4)cc23)CC1. The number of anilines is 2. The molecule has 1 aromatic heterocycles. The molecule has 3 aromatic rings. The molecule has 2 aromatic carbocycles. The summed E-state index contributed by atoms with van der Waals surface area (Å²) in [5.41, 5.74) is 9.83. The molecule has 38 heavy (non-hydrogen) atoms. The summed E-state index contributed by atoms with van der Waals surface area (Å²) in [7, 11) is 1.77. The molecule has 1 saturated carbocycles. The molecule has 7 heteroatoms. The van der Waals surface area contributed by atoms with E-state index in [4.69, 9.17) is 20.4 Å². The number of nitrogens with zero attached hydrogens (tertiary/aromatic N) is 4. The zero-order valence-corrected chi connectivity index (χ0v) is 25.1. The van der Waals surface area contributed by atoms with Gasteiger partial charge in [-0.05, 0) is 80.1 Å². The zero-order valence-electron chi connectivity index (χ0n) is 23.5. The molecule has 6 nitrogen and oxygen atoms in total. The Morgan fingerprint density at radius 1 is 0.816 bits per heavy atom. The maximum atomic E-state index is 6.15. The Morgan fingerprint density at radius 3 is 2.13 bits per heavy atom. The van der Waals surface area contributed by atoms with Gasteiger partial charge in [0.05, 0.1) is 12.6 Å². The molecule has 206 valence electrons. The van der Waals surface area contributed by atoms with Crippen LogP contribution < -0.4 is 20.3 Å². The molecule has 0 atom stereocenters. The van der Waals surface area contributed by atoms with E-state index in [1.165, 1.54) is 29.5 Å². The van der Waals surface area contributed by atoms with Crippen molar-refractivity contribution < 1.29 is 4.74 Å². The van der Waals surface area contributed by atoms with Crippen molar-refractivity contribution in [1.29, 1.82) is 0 Å². The second kappa shape index (κ2) is 13.6. The summed E-state index contributed by atoms with van der Waals surface area (Å²) in [6.07, 6.45) is 6.75. The van der Waals surface area contributed by atoms with E-state index in [0.29, 0.717) is 17.9 Å². The van der Waals surface area contributed by atoms with Crippen LogP contribution in [-0.4, -0.2) is 55.1 Å². The quantitative estimate of drug-likeness (QED) is 0.332. The zero-order chi connectivity index (χ0) is 27.1. The molecule has 2 N–H and O–H groups in total. The van der Waals surface area contributed by atoms with Gasteiger partial charge in [0.25, 0.3) is 0 Å². The molecule has 0 unspecified atom stereocenters. The maximum absolute atomic E-state index is 6.15. The number of para-hydroxylation sites is 1. The van der Waals surface area contributed by atoms with Crippen molar-refractivity contribution in [3.63, 3.8) is 0 Å². The minimum absolute atomic E-state index is 0.334. The maximum Gasteiger partial charge on any atom is 0.140 e. The Kier molecular flexibility index (Phi) is 10.3. The lowest BCUT2D eigenvalue weighted by Crippen LogP contribution is -2.39. The highest BCUT2D eigenvalue weighted by Crippen LogP contribution is 2.42. The second-order valence-corrected chi connectivity index (χ2v) is 10.2. The third-order valence-electron chi connectivity index (χ3n) is 7.90. The monoisotopic (exact) mass is 581 g/mol. The fourth-order valence-corrected chi connectivity index (χ4v) is 5.64. The number of ether oxygens (including phenoxy) is 1. The van der Waals surface area contributed by atoms with Crippen molar-refractivity contribution in [2.75, 3.05) is 48.9 Å². The highest BCUT2D eigenvalue weighted by Gasteiger charge is 2.30.